The Morgan fingerprint density at radius 1 is 0.958 bits per heavy atom. The molecule has 0 aromatic heterocycles. The maximum Gasteiger partial charge on any atom is 0.254 e. The first-order valence-corrected chi connectivity index (χ1v) is 8.26. The number of rotatable bonds is 3. The highest BCUT2D eigenvalue weighted by Gasteiger charge is 2.24. The van der Waals surface area contributed by atoms with Gasteiger partial charge in [-0.15, -0.1) is 0 Å². The number of amides is 1. The molecule has 1 heterocycles. The molecule has 24 heavy (non-hydrogen) atoms. The second kappa shape index (κ2) is 6.91. The highest BCUT2D eigenvalue weighted by Crippen LogP contribution is 2.33. The molecule has 0 radical (unpaired) electrons. The smallest absolute Gasteiger partial charge is 0.254 e. The molecule has 0 N–H and O–H groups in total. The van der Waals surface area contributed by atoms with Gasteiger partial charge in [0.05, 0.1) is 14.2 Å². The number of carbonyl (C=O) groups excluding carboxylic acids is 1. The number of hydrogen-bond acceptors (Lipinski definition) is 3. The molecule has 1 amide bonds. The van der Waals surface area contributed by atoms with Crippen molar-refractivity contribution in [2.24, 2.45) is 0 Å². The Labute approximate surface area is 150 Å². The van der Waals surface area contributed by atoms with E-state index in [-0.39, 0.29) is 5.91 Å². The average molecular weight is 366 g/mol. The van der Waals surface area contributed by atoms with E-state index in [4.69, 9.17) is 32.7 Å². The lowest BCUT2D eigenvalue weighted by Gasteiger charge is -2.29. The van der Waals surface area contributed by atoms with Crippen molar-refractivity contribution in [1.82, 2.24) is 4.90 Å². The van der Waals surface area contributed by atoms with Gasteiger partial charge in [0.2, 0.25) is 0 Å². The van der Waals surface area contributed by atoms with E-state index < -0.39 is 0 Å². The lowest BCUT2D eigenvalue weighted by atomic mass is 9.98. The van der Waals surface area contributed by atoms with Crippen LogP contribution in [0.2, 0.25) is 10.0 Å². The zero-order valence-electron chi connectivity index (χ0n) is 13.4. The average Bonchev–Trinajstić information content (AvgIpc) is 2.58. The van der Waals surface area contributed by atoms with Crippen molar-refractivity contribution in [1.29, 1.82) is 0 Å². The maximum atomic E-state index is 12.7. The van der Waals surface area contributed by atoms with Gasteiger partial charge in [-0.05, 0) is 47.9 Å². The minimum absolute atomic E-state index is 0.0835. The van der Waals surface area contributed by atoms with Gasteiger partial charge >= 0.3 is 0 Å². The Hall–Kier alpha value is -1.91. The molecule has 0 spiro atoms. The molecular formula is C18H17Cl2NO3. The van der Waals surface area contributed by atoms with Crippen LogP contribution in [0.1, 0.15) is 21.5 Å². The summed E-state index contributed by atoms with van der Waals surface area (Å²) in [6.07, 6.45) is 0.760. The van der Waals surface area contributed by atoms with Crippen LogP contribution in [0.3, 0.4) is 0 Å². The van der Waals surface area contributed by atoms with Crippen LogP contribution in [0.15, 0.2) is 30.3 Å². The van der Waals surface area contributed by atoms with Crippen LogP contribution in [0.5, 0.6) is 11.5 Å². The Morgan fingerprint density at radius 2 is 1.54 bits per heavy atom. The number of nitrogens with zero attached hydrogens (tertiary/aromatic N) is 1. The highest BCUT2D eigenvalue weighted by molar-refractivity contribution is 6.35. The number of halogens is 2. The molecule has 0 bridgehead atoms. The highest BCUT2D eigenvalue weighted by atomic mass is 35.5. The zero-order valence-corrected chi connectivity index (χ0v) is 14.9. The monoisotopic (exact) mass is 365 g/mol. The van der Waals surface area contributed by atoms with Crippen LogP contribution in [0.25, 0.3) is 0 Å². The van der Waals surface area contributed by atoms with E-state index in [2.05, 4.69) is 0 Å². The van der Waals surface area contributed by atoms with Gasteiger partial charge in [-0.25, -0.2) is 0 Å². The SMILES string of the molecule is COc1cc2c(cc1OC)CN(C(=O)c1cc(Cl)cc(Cl)c1)CC2. The molecule has 126 valence electrons. The van der Waals surface area contributed by atoms with Crippen molar-refractivity contribution >= 4 is 29.1 Å². The largest absolute Gasteiger partial charge is 0.493 e. The van der Waals surface area contributed by atoms with E-state index in [1.807, 2.05) is 12.1 Å². The summed E-state index contributed by atoms with van der Waals surface area (Å²) in [5.74, 6) is 1.29. The quantitative estimate of drug-likeness (QED) is 0.817. The molecule has 6 heteroatoms. The van der Waals surface area contributed by atoms with E-state index >= 15 is 0 Å². The Balaban J connectivity index is 1.87. The predicted molar refractivity (Wildman–Crippen MR) is 94.5 cm³/mol. The maximum absolute atomic E-state index is 12.7. The van der Waals surface area contributed by atoms with E-state index in [1.165, 1.54) is 5.56 Å². The molecule has 0 fully saturated rings. The Kier molecular flexibility index (Phi) is 4.88. The van der Waals surface area contributed by atoms with Crippen molar-refractivity contribution < 1.29 is 14.3 Å². The van der Waals surface area contributed by atoms with Crippen LogP contribution in [0.4, 0.5) is 0 Å². The van der Waals surface area contributed by atoms with Gasteiger partial charge in [-0.2, -0.15) is 0 Å². The van der Waals surface area contributed by atoms with E-state index in [0.717, 1.165) is 12.0 Å². The molecule has 0 atom stereocenters. The number of hydrogen-bond donors (Lipinski definition) is 0. The Bertz CT molecular complexity index is 772. The van der Waals surface area contributed by atoms with E-state index in [1.54, 1.807) is 37.3 Å². The predicted octanol–water partition coefficient (Wildman–Crippen LogP) is 4.21. The number of methoxy groups -OCH3 is 2. The van der Waals surface area contributed by atoms with Crippen molar-refractivity contribution in [3.8, 4) is 11.5 Å². The second-order valence-corrected chi connectivity index (χ2v) is 6.48. The van der Waals surface area contributed by atoms with Crippen molar-refractivity contribution in [2.75, 3.05) is 20.8 Å². The molecule has 1 aliphatic heterocycles. The molecule has 0 aliphatic carbocycles. The molecule has 2 aromatic carbocycles. The lowest BCUT2D eigenvalue weighted by Crippen LogP contribution is -2.36. The summed E-state index contributed by atoms with van der Waals surface area (Å²) in [6, 6.07) is 8.80. The van der Waals surface area contributed by atoms with Gasteiger partial charge in [-0.3, -0.25) is 4.79 Å². The molecule has 0 unspecified atom stereocenters. The van der Waals surface area contributed by atoms with E-state index in [0.29, 0.717) is 40.2 Å². The number of ether oxygens (including phenoxy) is 2. The molecule has 3 rings (SSSR count). The van der Waals surface area contributed by atoms with Crippen LogP contribution < -0.4 is 9.47 Å². The fourth-order valence-electron chi connectivity index (χ4n) is 2.92. The van der Waals surface area contributed by atoms with Gasteiger partial charge < -0.3 is 14.4 Å². The summed E-state index contributed by atoms with van der Waals surface area (Å²) in [5.41, 5.74) is 2.72. The van der Waals surface area contributed by atoms with Crippen LogP contribution in [0, 0.1) is 0 Å². The third-order valence-electron chi connectivity index (χ3n) is 4.11. The topological polar surface area (TPSA) is 38.8 Å². The molecule has 1 aliphatic rings. The summed E-state index contributed by atoms with van der Waals surface area (Å²) in [7, 11) is 3.22. The van der Waals surface area contributed by atoms with Crippen LogP contribution in [-0.4, -0.2) is 31.6 Å². The number of carbonyl (C=O) groups is 1. The fourth-order valence-corrected chi connectivity index (χ4v) is 3.44. The van der Waals surface area contributed by atoms with Gasteiger partial charge in [-0.1, -0.05) is 23.2 Å². The third-order valence-corrected chi connectivity index (χ3v) is 4.55. The van der Waals surface area contributed by atoms with E-state index in [9.17, 15) is 4.79 Å². The summed E-state index contributed by atoms with van der Waals surface area (Å²) in [6.45, 7) is 1.14. The van der Waals surface area contributed by atoms with Crippen molar-refractivity contribution in [3.63, 3.8) is 0 Å². The summed E-state index contributed by atoms with van der Waals surface area (Å²) in [5, 5.41) is 0.907. The first-order valence-electron chi connectivity index (χ1n) is 7.51. The second-order valence-electron chi connectivity index (χ2n) is 5.61. The molecule has 0 saturated heterocycles. The Morgan fingerprint density at radius 3 is 2.12 bits per heavy atom. The van der Waals surface area contributed by atoms with Crippen molar-refractivity contribution in [2.45, 2.75) is 13.0 Å². The minimum Gasteiger partial charge on any atom is -0.493 e. The van der Waals surface area contributed by atoms with Crippen molar-refractivity contribution in [3.05, 3.63) is 57.1 Å². The van der Waals surface area contributed by atoms with Gasteiger partial charge in [0.25, 0.3) is 5.91 Å². The molecule has 4 nitrogen and oxygen atoms in total. The van der Waals surface area contributed by atoms with Gasteiger partial charge in [0, 0.05) is 28.7 Å². The van der Waals surface area contributed by atoms with Crippen LogP contribution in [-0.2, 0) is 13.0 Å². The number of benzene rings is 2. The first-order chi connectivity index (χ1) is 11.5. The molecule has 0 saturated carbocycles. The fraction of sp³-hybridized carbons (Fsp3) is 0.278. The summed E-state index contributed by atoms with van der Waals surface area (Å²) in [4.78, 5) is 14.5. The summed E-state index contributed by atoms with van der Waals surface area (Å²) < 4.78 is 10.7. The summed E-state index contributed by atoms with van der Waals surface area (Å²) >= 11 is 12.0. The van der Waals surface area contributed by atoms with Gasteiger partial charge in [0.15, 0.2) is 11.5 Å². The third kappa shape index (κ3) is 3.30. The number of fused-ring (bicyclic) bond motifs is 1. The molecule has 2 aromatic rings. The molecular weight excluding hydrogens is 349 g/mol. The lowest BCUT2D eigenvalue weighted by molar-refractivity contribution is 0.0734. The normalized spacial score (nSPS) is 13.4. The minimum atomic E-state index is -0.0835. The standard InChI is InChI=1S/C18H17Cl2NO3/c1-23-16-7-11-3-4-21(10-13(11)8-17(16)24-2)18(22)12-5-14(19)9-15(20)6-12/h5-9H,3-4,10H2,1-2H3. The zero-order chi connectivity index (χ0) is 17.3. The first kappa shape index (κ1) is 16.9. The van der Waals surface area contributed by atoms with Gasteiger partial charge in [0.1, 0.15) is 0 Å². The van der Waals surface area contributed by atoms with Crippen LogP contribution >= 0.6 is 23.2 Å².